The third-order valence-corrected chi connectivity index (χ3v) is 7.81. The van der Waals surface area contributed by atoms with Crippen LogP contribution in [0.5, 0.6) is 0 Å². The summed E-state index contributed by atoms with van der Waals surface area (Å²) in [7, 11) is -3.25. The Bertz CT molecular complexity index is 961. The zero-order valence-corrected chi connectivity index (χ0v) is 18.3. The summed E-state index contributed by atoms with van der Waals surface area (Å²) >= 11 is 0. The Kier molecular flexibility index (Phi) is 6.80. The fourth-order valence-corrected chi connectivity index (χ4v) is 5.05. The van der Waals surface area contributed by atoms with Crippen LogP contribution in [0.4, 0.5) is 0 Å². The van der Waals surface area contributed by atoms with Crippen molar-refractivity contribution < 1.29 is 13.2 Å². The van der Waals surface area contributed by atoms with Gasteiger partial charge in [-0.15, -0.1) is 0 Å². The summed E-state index contributed by atoms with van der Waals surface area (Å²) in [5.41, 5.74) is 1.18. The van der Waals surface area contributed by atoms with Gasteiger partial charge in [-0.05, 0) is 43.0 Å². The molecule has 0 amide bonds. The molecule has 29 heavy (non-hydrogen) atoms. The van der Waals surface area contributed by atoms with E-state index in [4.69, 9.17) is 4.74 Å². The van der Waals surface area contributed by atoms with Crippen LogP contribution in [0.2, 0.25) is 0 Å². The van der Waals surface area contributed by atoms with Crippen LogP contribution in [0.15, 0.2) is 47.5 Å². The number of hydrogen-bond acceptors (Lipinski definition) is 4. The highest BCUT2D eigenvalue weighted by atomic mass is 32.2. The van der Waals surface area contributed by atoms with Crippen molar-refractivity contribution in [3.63, 3.8) is 0 Å². The van der Waals surface area contributed by atoms with Crippen molar-refractivity contribution in [3.8, 4) is 0 Å². The molecule has 0 saturated carbocycles. The first kappa shape index (κ1) is 21.6. The Morgan fingerprint density at radius 2 is 1.86 bits per heavy atom. The summed E-state index contributed by atoms with van der Waals surface area (Å²) in [4.78, 5) is 4.68. The van der Waals surface area contributed by atoms with Crippen LogP contribution < -0.4 is 10.6 Å². The van der Waals surface area contributed by atoms with Crippen LogP contribution in [0, 0.1) is 0 Å². The summed E-state index contributed by atoms with van der Waals surface area (Å²) in [6.45, 7) is 5.93. The molecule has 2 aromatic rings. The molecule has 0 radical (unpaired) electrons. The highest BCUT2D eigenvalue weighted by Crippen LogP contribution is 2.30. The number of nitrogens with one attached hydrogen (secondary N) is 2. The predicted octanol–water partition coefficient (Wildman–Crippen LogP) is 3.05. The van der Waals surface area contributed by atoms with Crippen LogP contribution >= 0.6 is 0 Å². The van der Waals surface area contributed by atoms with E-state index in [1.165, 1.54) is 22.6 Å². The summed E-state index contributed by atoms with van der Waals surface area (Å²) in [5, 5.41) is 9.09. The lowest BCUT2D eigenvalue weighted by atomic mass is 9.99. The second-order valence-corrected chi connectivity index (χ2v) is 10.1. The van der Waals surface area contributed by atoms with E-state index in [0.717, 1.165) is 0 Å². The van der Waals surface area contributed by atoms with E-state index in [1.54, 1.807) is 0 Å². The van der Waals surface area contributed by atoms with Crippen molar-refractivity contribution in [1.82, 2.24) is 10.6 Å². The molecule has 1 fully saturated rings. The smallest absolute Gasteiger partial charge is 0.191 e. The molecule has 6 nitrogen and oxygen atoms in total. The van der Waals surface area contributed by atoms with Crippen LogP contribution in [0.25, 0.3) is 10.8 Å². The normalized spacial score (nSPS) is 18.4. The van der Waals surface area contributed by atoms with Gasteiger partial charge in [0.2, 0.25) is 0 Å². The number of hydrogen-bond donors (Lipinski definition) is 2. The van der Waals surface area contributed by atoms with Gasteiger partial charge in [-0.25, -0.2) is 8.42 Å². The third kappa shape index (κ3) is 4.90. The lowest BCUT2D eigenvalue weighted by Crippen LogP contribution is -2.47. The van der Waals surface area contributed by atoms with Crippen molar-refractivity contribution in [2.45, 2.75) is 37.5 Å². The van der Waals surface area contributed by atoms with E-state index in [9.17, 15) is 8.42 Å². The zero-order chi connectivity index (χ0) is 20.9. The molecule has 1 atom stereocenters. The Morgan fingerprint density at radius 1 is 1.17 bits per heavy atom. The van der Waals surface area contributed by atoms with Crippen LogP contribution in [-0.2, 0) is 14.6 Å². The van der Waals surface area contributed by atoms with Gasteiger partial charge in [0.1, 0.15) is 0 Å². The van der Waals surface area contributed by atoms with E-state index in [0.29, 0.717) is 38.6 Å². The van der Waals surface area contributed by atoms with Crippen LogP contribution in [0.1, 0.15) is 38.3 Å². The second kappa shape index (κ2) is 9.13. The number of nitrogens with zero attached hydrogens (tertiary/aromatic N) is 1. The average Bonchev–Trinajstić information content (AvgIpc) is 2.71. The molecular formula is C22H31N3O3S. The lowest BCUT2D eigenvalue weighted by Gasteiger charge is -2.34. The van der Waals surface area contributed by atoms with E-state index in [2.05, 4.69) is 52.9 Å². The average molecular weight is 418 g/mol. The summed E-state index contributed by atoms with van der Waals surface area (Å²) in [6, 6.07) is 14.6. The molecular weight excluding hydrogens is 386 g/mol. The molecule has 0 bridgehead atoms. The van der Waals surface area contributed by atoms with Crippen molar-refractivity contribution in [1.29, 1.82) is 0 Å². The fraction of sp³-hybridized carbons (Fsp3) is 0.500. The molecule has 2 N–H and O–H groups in total. The van der Waals surface area contributed by atoms with Gasteiger partial charge < -0.3 is 15.4 Å². The molecule has 0 aliphatic carbocycles. The number of aliphatic imine (C=N–C) groups is 1. The minimum Gasteiger partial charge on any atom is -0.381 e. The third-order valence-electron chi connectivity index (χ3n) is 5.70. The first-order valence-electron chi connectivity index (χ1n) is 10.2. The molecule has 1 saturated heterocycles. The molecule has 0 spiro atoms. The highest BCUT2D eigenvalue weighted by Gasteiger charge is 2.42. The number of ether oxygens (including phenoxy) is 1. The molecule has 3 rings (SSSR count). The van der Waals surface area contributed by atoms with Gasteiger partial charge in [-0.2, -0.15) is 0 Å². The minimum absolute atomic E-state index is 0.0165. The van der Waals surface area contributed by atoms with E-state index in [-0.39, 0.29) is 12.6 Å². The van der Waals surface area contributed by atoms with Crippen LogP contribution in [-0.4, -0.2) is 51.7 Å². The molecule has 7 heteroatoms. The fourth-order valence-electron chi connectivity index (χ4n) is 3.84. The van der Waals surface area contributed by atoms with E-state index in [1.807, 2.05) is 19.1 Å². The zero-order valence-electron chi connectivity index (χ0n) is 17.4. The number of fused-ring (bicyclic) bond motifs is 1. The van der Waals surface area contributed by atoms with Crippen molar-refractivity contribution in [2.75, 3.05) is 32.6 Å². The SMILES string of the molecule is CCNC(=NCC1(S(C)(=O)=O)CCOCC1)NC(C)c1cccc2ccccc12. The molecule has 1 heterocycles. The van der Waals surface area contributed by atoms with E-state index >= 15 is 0 Å². The van der Waals surface area contributed by atoms with Crippen molar-refractivity contribution >= 4 is 26.6 Å². The predicted molar refractivity (Wildman–Crippen MR) is 119 cm³/mol. The van der Waals surface area contributed by atoms with Gasteiger partial charge in [0.25, 0.3) is 0 Å². The molecule has 1 unspecified atom stereocenters. The summed E-state index contributed by atoms with van der Waals surface area (Å²) < 4.78 is 29.5. The summed E-state index contributed by atoms with van der Waals surface area (Å²) in [6.07, 6.45) is 2.27. The Morgan fingerprint density at radius 3 is 2.55 bits per heavy atom. The maximum absolute atomic E-state index is 12.5. The maximum Gasteiger partial charge on any atom is 0.191 e. The van der Waals surface area contributed by atoms with Crippen molar-refractivity contribution in [2.24, 2.45) is 4.99 Å². The van der Waals surface area contributed by atoms with Gasteiger partial charge in [-0.3, -0.25) is 4.99 Å². The number of guanidine groups is 1. The molecule has 1 aliphatic rings. The Labute approximate surface area is 173 Å². The van der Waals surface area contributed by atoms with Crippen molar-refractivity contribution in [3.05, 3.63) is 48.0 Å². The second-order valence-electron chi connectivity index (χ2n) is 7.70. The number of rotatable bonds is 6. The first-order chi connectivity index (χ1) is 13.9. The monoisotopic (exact) mass is 417 g/mol. The molecule has 2 aromatic carbocycles. The number of sulfone groups is 1. The Balaban J connectivity index is 1.83. The molecule has 1 aliphatic heterocycles. The number of benzene rings is 2. The molecule has 0 aromatic heterocycles. The standard InChI is InChI=1S/C22H31N3O3S/c1-4-23-21(24-16-22(29(3,26)27)12-14-28-15-13-22)25-17(2)19-11-7-9-18-8-5-6-10-20(18)19/h5-11,17H,4,12-16H2,1-3H3,(H2,23,24,25). The topological polar surface area (TPSA) is 79.8 Å². The van der Waals surface area contributed by atoms with Gasteiger partial charge >= 0.3 is 0 Å². The minimum atomic E-state index is -3.25. The summed E-state index contributed by atoms with van der Waals surface area (Å²) in [5.74, 6) is 0.627. The van der Waals surface area contributed by atoms with Gasteiger partial charge in [-0.1, -0.05) is 42.5 Å². The lowest BCUT2D eigenvalue weighted by molar-refractivity contribution is 0.0768. The maximum atomic E-state index is 12.5. The van der Waals surface area contributed by atoms with Gasteiger partial charge in [0.15, 0.2) is 15.8 Å². The van der Waals surface area contributed by atoms with E-state index < -0.39 is 14.6 Å². The Hall–Kier alpha value is -2.12. The van der Waals surface area contributed by atoms with Gasteiger partial charge in [0, 0.05) is 26.0 Å². The van der Waals surface area contributed by atoms with Gasteiger partial charge in [0.05, 0.1) is 17.3 Å². The van der Waals surface area contributed by atoms with Crippen LogP contribution in [0.3, 0.4) is 0 Å². The highest BCUT2D eigenvalue weighted by molar-refractivity contribution is 7.92. The first-order valence-corrected chi connectivity index (χ1v) is 12.1. The largest absolute Gasteiger partial charge is 0.381 e. The quantitative estimate of drug-likeness (QED) is 0.558. The molecule has 158 valence electrons.